The molecule has 0 fully saturated rings. The van der Waals surface area contributed by atoms with Gasteiger partial charge in [-0.2, -0.15) is 0 Å². The SMILES string of the molecule is COC(C)C(=O)Nc1ccccc1N(C)C. The van der Waals surface area contributed by atoms with Crippen molar-refractivity contribution in [3.8, 4) is 0 Å². The summed E-state index contributed by atoms with van der Waals surface area (Å²) in [6, 6.07) is 7.65. The minimum atomic E-state index is -0.449. The lowest BCUT2D eigenvalue weighted by atomic mass is 10.2. The lowest BCUT2D eigenvalue weighted by molar-refractivity contribution is -0.124. The lowest BCUT2D eigenvalue weighted by Crippen LogP contribution is -2.27. The minimum Gasteiger partial charge on any atom is -0.376 e. The van der Waals surface area contributed by atoms with Crippen LogP contribution in [0.2, 0.25) is 0 Å². The van der Waals surface area contributed by atoms with E-state index in [-0.39, 0.29) is 5.91 Å². The van der Waals surface area contributed by atoms with E-state index in [9.17, 15) is 4.79 Å². The predicted molar refractivity (Wildman–Crippen MR) is 65.9 cm³/mol. The van der Waals surface area contributed by atoms with Gasteiger partial charge < -0.3 is 15.0 Å². The van der Waals surface area contributed by atoms with E-state index in [1.54, 1.807) is 6.92 Å². The number of hydrogen-bond donors (Lipinski definition) is 1. The summed E-state index contributed by atoms with van der Waals surface area (Å²) in [5, 5.41) is 2.84. The minimum absolute atomic E-state index is 0.142. The molecule has 1 aromatic carbocycles. The van der Waals surface area contributed by atoms with Crippen LogP contribution in [0.1, 0.15) is 6.92 Å². The molecule has 0 aliphatic carbocycles. The zero-order chi connectivity index (χ0) is 12.1. The maximum absolute atomic E-state index is 11.7. The second-order valence-corrected chi connectivity index (χ2v) is 3.78. The molecule has 1 unspecified atom stereocenters. The Morgan fingerprint density at radius 1 is 1.38 bits per heavy atom. The maximum atomic E-state index is 11.7. The van der Waals surface area contributed by atoms with Gasteiger partial charge in [-0.1, -0.05) is 12.1 Å². The fourth-order valence-electron chi connectivity index (χ4n) is 1.31. The van der Waals surface area contributed by atoms with Crippen molar-refractivity contribution < 1.29 is 9.53 Å². The molecule has 1 rings (SSSR count). The van der Waals surface area contributed by atoms with Gasteiger partial charge in [0.2, 0.25) is 0 Å². The number of carbonyl (C=O) groups excluding carboxylic acids is 1. The number of anilines is 2. The number of hydrogen-bond acceptors (Lipinski definition) is 3. The topological polar surface area (TPSA) is 41.6 Å². The van der Waals surface area contributed by atoms with Crippen molar-refractivity contribution >= 4 is 17.3 Å². The van der Waals surface area contributed by atoms with Crippen LogP contribution in [-0.4, -0.2) is 33.2 Å². The van der Waals surface area contributed by atoms with E-state index in [1.165, 1.54) is 7.11 Å². The first-order valence-corrected chi connectivity index (χ1v) is 5.16. The molecule has 4 nitrogen and oxygen atoms in total. The highest BCUT2D eigenvalue weighted by molar-refractivity contribution is 5.96. The van der Waals surface area contributed by atoms with Crippen molar-refractivity contribution in [3.05, 3.63) is 24.3 Å². The normalized spacial score (nSPS) is 12.0. The number of nitrogens with zero attached hydrogens (tertiary/aromatic N) is 1. The molecule has 0 bridgehead atoms. The monoisotopic (exact) mass is 222 g/mol. The molecule has 1 atom stereocenters. The predicted octanol–water partition coefficient (Wildman–Crippen LogP) is 1.73. The largest absolute Gasteiger partial charge is 0.376 e. The fourth-order valence-corrected chi connectivity index (χ4v) is 1.31. The Balaban J connectivity index is 2.84. The van der Waals surface area contributed by atoms with Crippen LogP contribution in [0.4, 0.5) is 11.4 Å². The van der Waals surface area contributed by atoms with Crippen LogP contribution in [0.5, 0.6) is 0 Å². The fraction of sp³-hybridized carbons (Fsp3) is 0.417. The number of nitrogens with one attached hydrogen (secondary N) is 1. The molecule has 0 aromatic heterocycles. The third kappa shape index (κ3) is 2.97. The van der Waals surface area contributed by atoms with E-state index < -0.39 is 6.10 Å². The lowest BCUT2D eigenvalue weighted by Gasteiger charge is -2.18. The molecule has 0 spiro atoms. The van der Waals surface area contributed by atoms with Crippen LogP contribution in [0.15, 0.2) is 24.3 Å². The highest BCUT2D eigenvalue weighted by Crippen LogP contribution is 2.23. The summed E-state index contributed by atoms with van der Waals surface area (Å²) in [7, 11) is 5.39. The van der Waals surface area contributed by atoms with Gasteiger partial charge in [-0.15, -0.1) is 0 Å². The van der Waals surface area contributed by atoms with Gasteiger partial charge in [-0.05, 0) is 19.1 Å². The molecule has 0 radical (unpaired) electrons. The molecule has 0 saturated heterocycles. The Bertz CT molecular complexity index is 364. The Hall–Kier alpha value is -1.55. The Morgan fingerprint density at radius 2 is 2.00 bits per heavy atom. The molecule has 0 heterocycles. The maximum Gasteiger partial charge on any atom is 0.253 e. The number of rotatable bonds is 4. The number of ether oxygens (including phenoxy) is 1. The number of benzene rings is 1. The van der Waals surface area contributed by atoms with Crippen molar-refractivity contribution in [1.82, 2.24) is 0 Å². The van der Waals surface area contributed by atoms with Crippen LogP contribution in [0.25, 0.3) is 0 Å². The first kappa shape index (κ1) is 12.5. The highest BCUT2D eigenvalue weighted by Gasteiger charge is 2.13. The first-order valence-electron chi connectivity index (χ1n) is 5.16. The van der Waals surface area contributed by atoms with Crippen LogP contribution in [-0.2, 0) is 9.53 Å². The van der Waals surface area contributed by atoms with E-state index in [0.29, 0.717) is 0 Å². The number of amides is 1. The van der Waals surface area contributed by atoms with Gasteiger partial charge in [0.25, 0.3) is 5.91 Å². The Labute approximate surface area is 96.2 Å². The van der Waals surface area contributed by atoms with Crippen molar-refractivity contribution in [3.63, 3.8) is 0 Å². The zero-order valence-corrected chi connectivity index (χ0v) is 10.2. The van der Waals surface area contributed by atoms with E-state index in [0.717, 1.165) is 11.4 Å². The smallest absolute Gasteiger partial charge is 0.253 e. The van der Waals surface area contributed by atoms with E-state index >= 15 is 0 Å². The van der Waals surface area contributed by atoms with Gasteiger partial charge in [0.1, 0.15) is 6.10 Å². The average molecular weight is 222 g/mol. The van der Waals surface area contributed by atoms with Crippen LogP contribution >= 0.6 is 0 Å². The molecule has 1 amide bonds. The summed E-state index contributed by atoms with van der Waals surface area (Å²) < 4.78 is 4.96. The van der Waals surface area contributed by atoms with E-state index in [2.05, 4.69) is 5.32 Å². The van der Waals surface area contributed by atoms with Crippen molar-refractivity contribution in [1.29, 1.82) is 0 Å². The van der Waals surface area contributed by atoms with Crippen LogP contribution < -0.4 is 10.2 Å². The van der Waals surface area contributed by atoms with Gasteiger partial charge in [-0.25, -0.2) is 0 Å². The summed E-state index contributed by atoms with van der Waals surface area (Å²) in [4.78, 5) is 13.6. The molecule has 88 valence electrons. The summed E-state index contributed by atoms with van der Waals surface area (Å²) >= 11 is 0. The summed E-state index contributed by atoms with van der Waals surface area (Å²) in [5.74, 6) is -0.142. The summed E-state index contributed by atoms with van der Waals surface area (Å²) in [5.41, 5.74) is 1.76. The second kappa shape index (κ2) is 5.51. The molecule has 0 saturated carbocycles. The van der Waals surface area contributed by atoms with Crippen LogP contribution in [0.3, 0.4) is 0 Å². The van der Waals surface area contributed by atoms with Gasteiger partial charge >= 0.3 is 0 Å². The molecule has 16 heavy (non-hydrogen) atoms. The van der Waals surface area contributed by atoms with Crippen molar-refractivity contribution in [2.75, 3.05) is 31.4 Å². The molecular formula is C12H18N2O2. The van der Waals surface area contributed by atoms with E-state index in [1.807, 2.05) is 43.3 Å². The van der Waals surface area contributed by atoms with Gasteiger partial charge in [0.05, 0.1) is 11.4 Å². The third-order valence-electron chi connectivity index (χ3n) is 2.37. The van der Waals surface area contributed by atoms with E-state index in [4.69, 9.17) is 4.74 Å². The molecule has 1 aromatic rings. The van der Waals surface area contributed by atoms with Gasteiger partial charge in [0.15, 0.2) is 0 Å². The van der Waals surface area contributed by atoms with Crippen molar-refractivity contribution in [2.24, 2.45) is 0 Å². The standard InChI is InChI=1S/C12H18N2O2/c1-9(16-4)12(15)13-10-7-5-6-8-11(10)14(2)3/h5-9H,1-4H3,(H,13,15). The Morgan fingerprint density at radius 3 is 2.56 bits per heavy atom. The second-order valence-electron chi connectivity index (χ2n) is 3.78. The average Bonchev–Trinajstić information content (AvgIpc) is 2.28. The van der Waals surface area contributed by atoms with Crippen molar-refractivity contribution in [2.45, 2.75) is 13.0 Å². The number of para-hydroxylation sites is 2. The Kier molecular flexibility index (Phi) is 4.31. The molecule has 0 aliphatic heterocycles. The molecule has 1 N–H and O–H groups in total. The highest BCUT2D eigenvalue weighted by atomic mass is 16.5. The summed E-state index contributed by atoms with van der Waals surface area (Å²) in [6.07, 6.45) is -0.449. The zero-order valence-electron chi connectivity index (χ0n) is 10.2. The third-order valence-corrected chi connectivity index (χ3v) is 2.37. The molecular weight excluding hydrogens is 204 g/mol. The first-order chi connectivity index (χ1) is 7.56. The van der Waals surface area contributed by atoms with Crippen LogP contribution in [0, 0.1) is 0 Å². The molecule has 4 heteroatoms. The quantitative estimate of drug-likeness (QED) is 0.843. The summed E-state index contributed by atoms with van der Waals surface area (Å²) in [6.45, 7) is 1.72. The van der Waals surface area contributed by atoms with Gasteiger partial charge in [-0.3, -0.25) is 4.79 Å². The number of carbonyl (C=O) groups is 1. The van der Waals surface area contributed by atoms with Gasteiger partial charge in [0, 0.05) is 21.2 Å². The number of methoxy groups -OCH3 is 1. The molecule has 0 aliphatic rings.